The molecule has 0 bridgehead atoms. The fourth-order valence-corrected chi connectivity index (χ4v) is 0.886. The Morgan fingerprint density at radius 1 is 1.38 bits per heavy atom. The molecule has 1 N–H and O–H groups in total. The van der Waals surface area contributed by atoms with Gasteiger partial charge in [0.15, 0.2) is 0 Å². The molecule has 0 aliphatic carbocycles. The van der Waals surface area contributed by atoms with Crippen LogP contribution in [0.5, 0.6) is 5.75 Å². The third-order valence-electron chi connectivity index (χ3n) is 1.67. The fourth-order valence-electron chi connectivity index (χ4n) is 0.886. The average molecular weight is 179 g/mol. The highest BCUT2D eigenvalue weighted by atomic mass is 16.5. The molecule has 0 amide bonds. The summed E-state index contributed by atoms with van der Waals surface area (Å²) in [5, 5.41) is 9.41. The molecular weight excluding hydrogens is 164 g/mol. The number of hydrogen-bond acceptors (Lipinski definition) is 2. The van der Waals surface area contributed by atoms with Crippen LogP contribution in [0, 0.1) is 6.07 Å². The first-order valence-corrected chi connectivity index (χ1v) is 4.39. The van der Waals surface area contributed by atoms with Crippen molar-refractivity contribution >= 4 is 0 Å². The minimum absolute atomic E-state index is 0.535. The van der Waals surface area contributed by atoms with Crippen molar-refractivity contribution in [3.63, 3.8) is 0 Å². The SMILES string of the molecule is CC(C)(O)CCOc1cc[c]cc1. The predicted molar refractivity (Wildman–Crippen MR) is 51.7 cm³/mol. The van der Waals surface area contributed by atoms with Gasteiger partial charge in [0.25, 0.3) is 0 Å². The summed E-state index contributed by atoms with van der Waals surface area (Å²) >= 11 is 0. The van der Waals surface area contributed by atoms with Gasteiger partial charge in [-0.2, -0.15) is 0 Å². The van der Waals surface area contributed by atoms with E-state index in [1.807, 2.05) is 12.1 Å². The van der Waals surface area contributed by atoms with Crippen molar-refractivity contribution in [3.05, 3.63) is 30.3 Å². The maximum absolute atomic E-state index is 9.41. The Kier molecular flexibility index (Phi) is 3.32. The Labute approximate surface area is 79.2 Å². The van der Waals surface area contributed by atoms with Crippen LogP contribution in [0.3, 0.4) is 0 Å². The zero-order valence-corrected chi connectivity index (χ0v) is 8.08. The molecular formula is C11H15O2. The normalized spacial score (nSPS) is 11.3. The highest BCUT2D eigenvalue weighted by Gasteiger charge is 2.11. The number of aliphatic hydroxyl groups is 1. The van der Waals surface area contributed by atoms with E-state index in [-0.39, 0.29) is 0 Å². The van der Waals surface area contributed by atoms with Crippen LogP contribution in [-0.4, -0.2) is 17.3 Å². The van der Waals surface area contributed by atoms with Gasteiger partial charge < -0.3 is 9.84 Å². The molecule has 1 aromatic carbocycles. The van der Waals surface area contributed by atoms with E-state index < -0.39 is 5.60 Å². The van der Waals surface area contributed by atoms with Crippen molar-refractivity contribution in [3.8, 4) is 5.75 Å². The van der Waals surface area contributed by atoms with E-state index in [0.29, 0.717) is 13.0 Å². The number of benzene rings is 1. The fraction of sp³-hybridized carbons (Fsp3) is 0.455. The van der Waals surface area contributed by atoms with E-state index in [1.54, 1.807) is 26.0 Å². The van der Waals surface area contributed by atoms with Gasteiger partial charge in [0, 0.05) is 6.42 Å². The van der Waals surface area contributed by atoms with Gasteiger partial charge in [-0.15, -0.1) is 0 Å². The molecule has 2 heteroatoms. The lowest BCUT2D eigenvalue weighted by Crippen LogP contribution is -2.21. The van der Waals surface area contributed by atoms with Crippen LogP contribution in [0.15, 0.2) is 24.3 Å². The zero-order chi connectivity index (χ0) is 9.73. The molecule has 0 heterocycles. The Balaban J connectivity index is 2.29. The van der Waals surface area contributed by atoms with Gasteiger partial charge in [-0.1, -0.05) is 12.1 Å². The second kappa shape index (κ2) is 4.28. The molecule has 0 aliphatic heterocycles. The summed E-state index contributed by atoms with van der Waals surface area (Å²) in [4.78, 5) is 0. The van der Waals surface area contributed by atoms with Crippen LogP contribution >= 0.6 is 0 Å². The smallest absolute Gasteiger partial charge is 0.119 e. The average Bonchev–Trinajstić information content (AvgIpc) is 2.04. The number of hydrogen-bond donors (Lipinski definition) is 1. The third kappa shape index (κ3) is 4.53. The molecule has 0 unspecified atom stereocenters. The molecule has 1 aromatic rings. The Hall–Kier alpha value is -1.02. The summed E-state index contributed by atoms with van der Waals surface area (Å²) in [6.07, 6.45) is 0.631. The second-order valence-electron chi connectivity index (χ2n) is 3.65. The monoisotopic (exact) mass is 179 g/mol. The van der Waals surface area contributed by atoms with Gasteiger partial charge in [0.1, 0.15) is 5.75 Å². The highest BCUT2D eigenvalue weighted by molar-refractivity contribution is 5.20. The molecule has 71 valence electrons. The largest absolute Gasteiger partial charge is 0.493 e. The Morgan fingerprint density at radius 3 is 2.54 bits per heavy atom. The van der Waals surface area contributed by atoms with Crippen molar-refractivity contribution in [1.82, 2.24) is 0 Å². The minimum Gasteiger partial charge on any atom is -0.493 e. The van der Waals surface area contributed by atoms with Crippen molar-refractivity contribution in [2.75, 3.05) is 6.61 Å². The van der Waals surface area contributed by atoms with Gasteiger partial charge in [0.2, 0.25) is 0 Å². The molecule has 0 atom stereocenters. The molecule has 13 heavy (non-hydrogen) atoms. The summed E-state index contributed by atoms with van der Waals surface area (Å²) in [7, 11) is 0. The summed E-state index contributed by atoms with van der Waals surface area (Å²) < 4.78 is 5.40. The van der Waals surface area contributed by atoms with Crippen LogP contribution in [0.25, 0.3) is 0 Å². The van der Waals surface area contributed by atoms with Crippen LogP contribution in [-0.2, 0) is 0 Å². The molecule has 0 aliphatic rings. The molecule has 0 spiro atoms. The second-order valence-corrected chi connectivity index (χ2v) is 3.65. The van der Waals surface area contributed by atoms with E-state index >= 15 is 0 Å². The Bertz CT molecular complexity index is 236. The molecule has 0 saturated carbocycles. The summed E-state index contributed by atoms with van der Waals surface area (Å²) in [6.45, 7) is 4.08. The zero-order valence-electron chi connectivity index (χ0n) is 8.08. The van der Waals surface area contributed by atoms with E-state index in [0.717, 1.165) is 5.75 Å². The van der Waals surface area contributed by atoms with Gasteiger partial charge in [-0.3, -0.25) is 0 Å². The van der Waals surface area contributed by atoms with Gasteiger partial charge in [0.05, 0.1) is 12.2 Å². The first-order valence-electron chi connectivity index (χ1n) is 4.39. The quantitative estimate of drug-likeness (QED) is 0.766. The van der Waals surface area contributed by atoms with Gasteiger partial charge >= 0.3 is 0 Å². The van der Waals surface area contributed by atoms with Crippen molar-refractivity contribution in [2.45, 2.75) is 25.9 Å². The van der Waals surface area contributed by atoms with Gasteiger partial charge in [-0.25, -0.2) is 0 Å². The molecule has 2 nitrogen and oxygen atoms in total. The van der Waals surface area contributed by atoms with E-state index in [2.05, 4.69) is 6.07 Å². The molecule has 1 radical (unpaired) electrons. The Morgan fingerprint density at radius 2 is 2.00 bits per heavy atom. The number of rotatable bonds is 4. The van der Waals surface area contributed by atoms with E-state index in [4.69, 9.17) is 4.74 Å². The maximum Gasteiger partial charge on any atom is 0.119 e. The molecule has 0 aromatic heterocycles. The first kappa shape index (κ1) is 10.1. The predicted octanol–water partition coefficient (Wildman–Crippen LogP) is 2.03. The molecule has 1 rings (SSSR count). The summed E-state index contributed by atoms with van der Waals surface area (Å²) in [6, 6.07) is 10.2. The standard InChI is InChI=1S/C11H15O2/c1-11(2,12)8-9-13-10-6-4-3-5-7-10/h4-7,12H,8-9H2,1-2H3. The van der Waals surface area contributed by atoms with Crippen LogP contribution in [0.2, 0.25) is 0 Å². The van der Waals surface area contributed by atoms with Gasteiger partial charge in [-0.05, 0) is 32.0 Å². The van der Waals surface area contributed by atoms with Crippen molar-refractivity contribution < 1.29 is 9.84 Å². The van der Waals surface area contributed by atoms with Crippen molar-refractivity contribution in [2.24, 2.45) is 0 Å². The lowest BCUT2D eigenvalue weighted by Gasteiger charge is -2.16. The topological polar surface area (TPSA) is 29.5 Å². The van der Waals surface area contributed by atoms with Crippen molar-refractivity contribution in [1.29, 1.82) is 0 Å². The number of ether oxygens (including phenoxy) is 1. The minimum atomic E-state index is -0.652. The molecule has 0 saturated heterocycles. The van der Waals surface area contributed by atoms with Crippen LogP contribution in [0.1, 0.15) is 20.3 Å². The van der Waals surface area contributed by atoms with Crippen LogP contribution < -0.4 is 4.74 Å². The molecule has 0 fully saturated rings. The lowest BCUT2D eigenvalue weighted by molar-refractivity contribution is 0.0553. The third-order valence-corrected chi connectivity index (χ3v) is 1.67. The first-order chi connectivity index (χ1) is 6.08. The lowest BCUT2D eigenvalue weighted by atomic mass is 10.1. The maximum atomic E-state index is 9.41. The highest BCUT2D eigenvalue weighted by Crippen LogP contribution is 2.11. The van der Waals surface area contributed by atoms with Crippen LogP contribution in [0.4, 0.5) is 0 Å². The summed E-state index contributed by atoms with van der Waals surface area (Å²) in [5.41, 5.74) is -0.652. The van der Waals surface area contributed by atoms with E-state index in [1.165, 1.54) is 0 Å². The summed E-state index contributed by atoms with van der Waals surface area (Å²) in [5.74, 6) is 0.822. The van der Waals surface area contributed by atoms with E-state index in [9.17, 15) is 5.11 Å².